The van der Waals surface area contributed by atoms with Crippen molar-refractivity contribution in [2.75, 3.05) is 13.2 Å². The van der Waals surface area contributed by atoms with Crippen molar-refractivity contribution in [1.29, 1.82) is 0 Å². The predicted molar refractivity (Wildman–Crippen MR) is 133 cm³/mol. The van der Waals surface area contributed by atoms with Crippen molar-refractivity contribution in [2.24, 2.45) is 17.4 Å². The molecule has 0 aromatic carbocycles. The van der Waals surface area contributed by atoms with Crippen LogP contribution in [0.5, 0.6) is 0 Å². The molecule has 220 valence electrons. The second-order valence-corrected chi connectivity index (χ2v) is 9.41. The van der Waals surface area contributed by atoms with Gasteiger partial charge in [0.2, 0.25) is 29.5 Å². The Labute approximate surface area is 224 Å². The lowest BCUT2D eigenvalue weighted by atomic mass is 9.96. The van der Waals surface area contributed by atoms with Crippen LogP contribution in [-0.2, 0) is 33.6 Å². The highest BCUT2D eigenvalue weighted by molar-refractivity contribution is 5.97. The van der Waals surface area contributed by atoms with E-state index in [1.54, 1.807) is 13.8 Å². The summed E-state index contributed by atoms with van der Waals surface area (Å²) in [6.07, 6.45) is -0.183. The summed E-state index contributed by atoms with van der Waals surface area (Å²) in [6.45, 7) is 2.73. The van der Waals surface area contributed by atoms with Crippen LogP contribution in [0.1, 0.15) is 52.4 Å². The summed E-state index contributed by atoms with van der Waals surface area (Å²) in [4.78, 5) is 86.5. The molecule has 1 rings (SSSR count). The van der Waals surface area contributed by atoms with Gasteiger partial charge in [0.15, 0.2) is 0 Å². The van der Waals surface area contributed by atoms with Gasteiger partial charge in [-0.1, -0.05) is 20.3 Å². The number of nitrogens with one attached hydrogen (secondary N) is 3. The number of amides is 5. The standard InChI is InChI=1S/C23H38N6O10/c1-3-11(2)18(22(37)29-8-4-5-15(29)21(36)27-14(10-30)23(38)39)28-20(35)13(9-16(25)31)26-19(34)12(24)6-7-17(32)33/h11-15,18,30H,3-10,24H2,1-2H3,(H2,25,31)(H,26,34)(H,27,36)(H,28,35)(H,32,33)(H,38,39)/t11-,12-,13-,14-,15-,18-/m0/s1. The molecule has 0 aromatic heterocycles. The Kier molecular flexibility index (Phi) is 13.3. The van der Waals surface area contributed by atoms with Gasteiger partial charge in [-0.3, -0.25) is 28.8 Å². The van der Waals surface area contributed by atoms with Crippen LogP contribution in [0.15, 0.2) is 0 Å². The van der Waals surface area contributed by atoms with Crippen molar-refractivity contribution in [3.63, 3.8) is 0 Å². The van der Waals surface area contributed by atoms with E-state index >= 15 is 0 Å². The molecule has 1 aliphatic heterocycles. The number of nitrogens with zero attached hydrogens (tertiary/aromatic N) is 1. The number of carboxylic acid groups (broad SMARTS) is 2. The van der Waals surface area contributed by atoms with Crippen LogP contribution in [0, 0.1) is 5.92 Å². The Morgan fingerprint density at radius 3 is 2.15 bits per heavy atom. The van der Waals surface area contributed by atoms with Crippen LogP contribution in [0.3, 0.4) is 0 Å². The quantitative estimate of drug-likeness (QED) is 0.0925. The van der Waals surface area contributed by atoms with Crippen LogP contribution in [0.25, 0.3) is 0 Å². The lowest BCUT2D eigenvalue weighted by Gasteiger charge is -2.32. The molecule has 0 aromatic rings. The van der Waals surface area contributed by atoms with E-state index in [1.165, 1.54) is 4.90 Å². The first-order valence-electron chi connectivity index (χ1n) is 12.5. The monoisotopic (exact) mass is 558 g/mol. The molecule has 39 heavy (non-hydrogen) atoms. The van der Waals surface area contributed by atoms with Crippen LogP contribution in [-0.4, -0.2) is 105 Å². The molecule has 0 bridgehead atoms. The first-order valence-corrected chi connectivity index (χ1v) is 12.5. The van der Waals surface area contributed by atoms with Gasteiger partial charge in [0.1, 0.15) is 24.2 Å². The number of hydrogen-bond acceptors (Lipinski definition) is 9. The molecule has 0 aliphatic carbocycles. The molecule has 6 atom stereocenters. The summed E-state index contributed by atoms with van der Waals surface area (Å²) in [5.41, 5.74) is 10.9. The van der Waals surface area contributed by atoms with Gasteiger partial charge < -0.3 is 47.6 Å². The Morgan fingerprint density at radius 2 is 1.64 bits per heavy atom. The summed E-state index contributed by atoms with van der Waals surface area (Å²) >= 11 is 0. The maximum atomic E-state index is 13.5. The molecule has 1 fully saturated rings. The summed E-state index contributed by atoms with van der Waals surface area (Å²) in [6, 6.07) is -6.57. The average molecular weight is 559 g/mol. The number of carboxylic acids is 2. The fourth-order valence-corrected chi connectivity index (χ4v) is 3.97. The number of carbonyl (C=O) groups excluding carboxylic acids is 5. The van der Waals surface area contributed by atoms with Crippen molar-refractivity contribution >= 4 is 41.5 Å². The highest BCUT2D eigenvalue weighted by atomic mass is 16.4. The van der Waals surface area contributed by atoms with Gasteiger partial charge in [0.05, 0.1) is 19.1 Å². The summed E-state index contributed by atoms with van der Waals surface area (Å²) in [5.74, 6) is -7.24. The SMILES string of the molecule is CC[C@H](C)[C@H](NC(=O)[C@H](CC(N)=O)NC(=O)[C@@H](N)CCC(=O)O)C(=O)N1CCC[C@H]1C(=O)N[C@@H](CO)C(=O)O. The minimum atomic E-state index is -1.56. The summed E-state index contributed by atoms with van der Waals surface area (Å²) < 4.78 is 0. The fourth-order valence-electron chi connectivity index (χ4n) is 3.97. The lowest BCUT2D eigenvalue weighted by molar-refractivity contribution is -0.146. The molecule has 1 heterocycles. The first-order chi connectivity index (χ1) is 18.2. The molecule has 10 N–H and O–H groups in total. The number of aliphatic hydroxyl groups excluding tert-OH is 1. The lowest BCUT2D eigenvalue weighted by Crippen LogP contribution is -2.60. The molecule has 0 saturated carbocycles. The van der Waals surface area contributed by atoms with E-state index in [2.05, 4.69) is 16.0 Å². The number of aliphatic carboxylic acids is 2. The first kappa shape index (κ1) is 33.2. The van der Waals surface area contributed by atoms with E-state index in [0.29, 0.717) is 12.8 Å². The molecule has 16 nitrogen and oxygen atoms in total. The van der Waals surface area contributed by atoms with Gasteiger partial charge in [-0.25, -0.2) is 4.79 Å². The average Bonchev–Trinajstić information content (AvgIpc) is 3.37. The van der Waals surface area contributed by atoms with E-state index in [0.717, 1.165) is 0 Å². The minimum absolute atomic E-state index is 0.149. The number of hydrogen-bond donors (Lipinski definition) is 8. The largest absolute Gasteiger partial charge is 0.481 e. The smallest absolute Gasteiger partial charge is 0.328 e. The third-order valence-electron chi connectivity index (χ3n) is 6.46. The maximum absolute atomic E-state index is 13.5. The zero-order valence-electron chi connectivity index (χ0n) is 21.9. The number of aliphatic hydroxyl groups is 1. The van der Waals surface area contributed by atoms with E-state index in [4.69, 9.17) is 21.7 Å². The fraction of sp³-hybridized carbons (Fsp3) is 0.696. The number of likely N-dealkylation sites (tertiary alicyclic amines) is 1. The van der Waals surface area contributed by atoms with Crippen molar-refractivity contribution in [2.45, 2.75) is 82.6 Å². The predicted octanol–water partition coefficient (Wildman–Crippen LogP) is -3.38. The van der Waals surface area contributed by atoms with E-state index in [-0.39, 0.29) is 19.4 Å². The third kappa shape index (κ3) is 10.1. The summed E-state index contributed by atoms with van der Waals surface area (Å²) in [7, 11) is 0. The van der Waals surface area contributed by atoms with Crippen molar-refractivity contribution in [3.05, 3.63) is 0 Å². The Morgan fingerprint density at radius 1 is 1.00 bits per heavy atom. The van der Waals surface area contributed by atoms with Gasteiger partial charge in [-0.05, 0) is 25.2 Å². The summed E-state index contributed by atoms with van der Waals surface area (Å²) in [5, 5.41) is 34.0. The van der Waals surface area contributed by atoms with E-state index in [9.17, 15) is 38.7 Å². The molecule has 1 aliphatic rings. The van der Waals surface area contributed by atoms with Gasteiger partial charge >= 0.3 is 11.9 Å². The Bertz CT molecular complexity index is 944. The highest BCUT2D eigenvalue weighted by Crippen LogP contribution is 2.22. The Hall–Kier alpha value is -3.79. The van der Waals surface area contributed by atoms with Gasteiger partial charge in [0.25, 0.3) is 0 Å². The van der Waals surface area contributed by atoms with Crippen LogP contribution < -0.4 is 27.4 Å². The zero-order chi connectivity index (χ0) is 29.9. The second-order valence-electron chi connectivity index (χ2n) is 9.41. The molecular weight excluding hydrogens is 520 g/mol. The number of rotatable bonds is 16. The van der Waals surface area contributed by atoms with Gasteiger partial charge in [0, 0.05) is 13.0 Å². The van der Waals surface area contributed by atoms with Crippen LogP contribution >= 0.6 is 0 Å². The molecule has 5 amide bonds. The van der Waals surface area contributed by atoms with E-state index < -0.39 is 97.1 Å². The van der Waals surface area contributed by atoms with Crippen LogP contribution in [0.4, 0.5) is 0 Å². The highest BCUT2D eigenvalue weighted by Gasteiger charge is 2.41. The van der Waals surface area contributed by atoms with Crippen molar-refractivity contribution in [3.8, 4) is 0 Å². The van der Waals surface area contributed by atoms with Gasteiger partial charge in [-0.2, -0.15) is 0 Å². The minimum Gasteiger partial charge on any atom is -0.481 e. The molecule has 0 radical (unpaired) electrons. The maximum Gasteiger partial charge on any atom is 0.328 e. The zero-order valence-corrected chi connectivity index (χ0v) is 21.9. The Balaban J connectivity index is 3.09. The van der Waals surface area contributed by atoms with Gasteiger partial charge in [-0.15, -0.1) is 0 Å². The van der Waals surface area contributed by atoms with Crippen LogP contribution in [0.2, 0.25) is 0 Å². The molecular formula is C23H38N6O10. The topological polar surface area (TPSA) is 272 Å². The molecule has 16 heteroatoms. The van der Waals surface area contributed by atoms with E-state index in [1.807, 2.05) is 0 Å². The molecule has 0 spiro atoms. The number of carbonyl (C=O) groups is 7. The normalized spacial score (nSPS) is 18.7. The second kappa shape index (κ2) is 15.6. The molecule has 1 saturated heterocycles. The van der Waals surface area contributed by atoms with Crippen molar-refractivity contribution < 1.29 is 48.9 Å². The third-order valence-corrected chi connectivity index (χ3v) is 6.46. The number of nitrogens with two attached hydrogens (primary N) is 2. The molecule has 0 unspecified atom stereocenters. The van der Waals surface area contributed by atoms with Crippen molar-refractivity contribution in [1.82, 2.24) is 20.9 Å². The number of primary amides is 1.